The molecule has 0 saturated heterocycles. The van der Waals surface area contributed by atoms with Gasteiger partial charge in [-0.25, -0.2) is 4.68 Å². The molecular formula is C20H20N2O2. The van der Waals surface area contributed by atoms with Gasteiger partial charge in [0.25, 0.3) is 0 Å². The maximum Gasteiger partial charge on any atom is 0.153 e. The van der Waals surface area contributed by atoms with E-state index in [2.05, 4.69) is 5.10 Å². The van der Waals surface area contributed by atoms with Crippen LogP contribution in [0.2, 0.25) is 0 Å². The molecule has 0 radical (unpaired) electrons. The van der Waals surface area contributed by atoms with E-state index in [0.717, 1.165) is 34.5 Å². The smallest absolute Gasteiger partial charge is 0.153 e. The number of aryl methyl sites for hydroxylation is 1. The molecule has 122 valence electrons. The minimum absolute atomic E-state index is 0.120. The summed E-state index contributed by atoms with van der Waals surface area (Å²) in [6.45, 7) is 6.01. The van der Waals surface area contributed by atoms with E-state index in [-0.39, 0.29) is 6.10 Å². The van der Waals surface area contributed by atoms with E-state index in [9.17, 15) is 4.79 Å². The van der Waals surface area contributed by atoms with Crippen molar-refractivity contribution in [1.82, 2.24) is 9.78 Å². The van der Waals surface area contributed by atoms with Gasteiger partial charge < -0.3 is 4.74 Å². The van der Waals surface area contributed by atoms with Gasteiger partial charge in [0.05, 0.1) is 29.2 Å². The lowest BCUT2D eigenvalue weighted by Gasteiger charge is -2.14. The zero-order chi connectivity index (χ0) is 17.1. The maximum atomic E-state index is 11.5. The summed E-state index contributed by atoms with van der Waals surface area (Å²) in [6, 6.07) is 15.7. The number of carbonyl (C=O) groups excluding carboxylic acids is 1. The summed E-state index contributed by atoms with van der Waals surface area (Å²) in [4.78, 5) is 11.5. The van der Waals surface area contributed by atoms with E-state index in [0.29, 0.717) is 5.56 Å². The fourth-order valence-electron chi connectivity index (χ4n) is 2.68. The molecule has 0 atom stereocenters. The Morgan fingerprint density at radius 2 is 1.88 bits per heavy atom. The zero-order valence-electron chi connectivity index (χ0n) is 14.1. The molecule has 4 nitrogen and oxygen atoms in total. The Bertz CT molecular complexity index is 851. The summed E-state index contributed by atoms with van der Waals surface area (Å²) >= 11 is 0. The summed E-state index contributed by atoms with van der Waals surface area (Å²) in [5, 5.41) is 4.39. The molecule has 0 fully saturated rings. The van der Waals surface area contributed by atoms with Crippen molar-refractivity contribution in [3.63, 3.8) is 0 Å². The van der Waals surface area contributed by atoms with Gasteiger partial charge in [0.15, 0.2) is 6.29 Å². The average molecular weight is 320 g/mol. The Morgan fingerprint density at radius 3 is 2.50 bits per heavy atom. The van der Waals surface area contributed by atoms with Gasteiger partial charge in [-0.1, -0.05) is 18.2 Å². The standard InChI is InChI=1S/C20H20N2O2/c1-14(2)24-19-10-9-16(11-15(19)3)20-17(13-23)12-21-22(20)18-7-5-4-6-8-18/h4-14H,1-3H3. The predicted octanol–water partition coefficient (Wildman–Crippen LogP) is 4.45. The highest BCUT2D eigenvalue weighted by Crippen LogP contribution is 2.30. The molecule has 0 aliphatic rings. The third-order valence-electron chi connectivity index (χ3n) is 3.74. The van der Waals surface area contributed by atoms with Crippen molar-refractivity contribution in [2.24, 2.45) is 0 Å². The van der Waals surface area contributed by atoms with Crippen LogP contribution in [0.1, 0.15) is 29.8 Å². The number of aromatic nitrogens is 2. The third kappa shape index (κ3) is 3.08. The number of hydrogen-bond acceptors (Lipinski definition) is 3. The van der Waals surface area contributed by atoms with Crippen LogP contribution >= 0.6 is 0 Å². The van der Waals surface area contributed by atoms with Crippen LogP contribution in [0.5, 0.6) is 5.75 Å². The highest BCUT2D eigenvalue weighted by Gasteiger charge is 2.15. The van der Waals surface area contributed by atoms with Gasteiger partial charge in [-0.3, -0.25) is 4.79 Å². The minimum atomic E-state index is 0.120. The van der Waals surface area contributed by atoms with E-state index in [1.165, 1.54) is 0 Å². The van der Waals surface area contributed by atoms with Crippen LogP contribution in [0.15, 0.2) is 54.7 Å². The van der Waals surface area contributed by atoms with Crippen molar-refractivity contribution in [1.29, 1.82) is 0 Å². The Labute approximate surface area is 141 Å². The lowest BCUT2D eigenvalue weighted by molar-refractivity contribution is 0.112. The summed E-state index contributed by atoms with van der Waals surface area (Å²) in [5.74, 6) is 0.854. The van der Waals surface area contributed by atoms with Crippen LogP contribution in [0.3, 0.4) is 0 Å². The van der Waals surface area contributed by atoms with Crippen LogP contribution in [0, 0.1) is 6.92 Å². The molecule has 2 aromatic carbocycles. The van der Waals surface area contributed by atoms with Gasteiger partial charge in [0.2, 0.25) is 0 Å². The van der Waals surface area contributed by atoms with E-state index in [4.69, 9.17) is 4.74 Å². The molecule has 24 heavy (non-hydrogen) atoms. The van der Waals surface area contributed by atoms with Crippen LogP contribution in [-0.2, 0) is 0 Å². The normalized spacial score (nSPS) is 10.8. The van der Waals surface area contributed by atoms with Gasteiger partial charge in [0, 0.05) is 5.56 Å². The van der Waals surface area contributed by atoms with E-state index in [1.54, 1.807) is 10.9 Å². The van der Waals surface area contributed by atoms with Gasteiger partial charge in [-0.05, 0) is 56.7 Å². The number of para-hydroxylation sites is 1. The molecule has 1 aromatic heterocycles. The molecule has 0 saturated carbocycles. The Balaban J connectivity index is 2.11. The SMILES string of the molecule is Cc1cc(-c2c(C=O)cnn2-c2ccccc2)ccc1OC(C)C. The van der Waals surface area contributed by atoms with Crippen LogP contribution < -0.4 is 4.74 Å². The Hall–Kier alpha value is -2.88. The first-order valence-corrected chi connectivity index (χ1v) is 7.96. The topological polar surface area (TPSA) is 44.1 Å². The van der Waals surface area contributed by atoms with Gasteiger partial charge in [0.1, 0.15) is 5.75 Å². The van der Waals surface area contributed by atoms with Crippen molar-refractivity contribution >= 4 is 6.29 Å². The number of ether oxygens (including phenoxy) is 1. The number of hydrogen-bond donors (Lipinski definition) is 0. The lowest BCUT2D eigenvalue weighted by atomic mass is 10.0. The number of benzene rings is 2. The Morgan fingerprint density at radius 1 is 1.12 bits per heavy atom. The second kappa shape index (κ2) is 6.71. The molecule has 3 aromatic rings. The molecule has 0 N–H and O–H groups in total. The van der Waals surface area contributed by atoms with Crippen LogP contribution in [0.4, 0.5) is 0 Å². The number of rotatable bonds is 5. The summed E-state index contributed by atoms with van der Waals surface area (Å²) in [7, 11) is 0. The lowest BCUT2D eigenvalue weighted by Crippen LogP contribution is -2.07. The van der Waals surface area contributed by atoms with Crippen molar-refractivity contribution in [3.05, 3.63) is 65.9 Å². The second-order valence-corrected chi connectivity index (χ2v) is 5.96. The molecule has 0 amide bonds. The second-order valence-electron chi connectivity index (χ2n) is 5.96. The molecule has 0 spiro atoms. The highest BCUT2D eigenvalue weighted by atomic mass is 16.5. The Kier molecular flexibility index (Phi) is 4.47. The molecular weight excluding hydrogens is 300 g/mol. The fraction of sp³-hybridized carbons (Fsp3) is 0.200. The molecule has 0 aliphatic carbocycles. The quantitative estimate of drug-likeness (QED) is 0.652. The molecule has 0 aliphatic heterocycles. The monoisotopic (exact) mass is 320 g/mol. The van der Waals surface area contributed by atoms with Crippen LogP contribution in [-0.4, -0.2) is 22.2 Å². The van der Waals surface area contributed by atoms with Crippen molar-refractivity contribution < 1.29 is 9.53 Å². The first-order chi connectivity index (χ1) is 11.6. The molecule has 1 heterocycles. The maximum absolute atomic E-state index is 11.5. The third-order valence-corrected chi connectivity index (χ3v) is 3.74. The number of carbonyl (C=O) groups is 1. The predicted molar refractivity (Wildman–Crippen MR) is 94.9 cm³/mol. The van der Waals surface area contributed by atoms with Crippen LogP contribution in [0.25, 0.3) is 16.9 Å². The first-order valence-electron chi connectivity index (χ1n) is 7.96. The summed E-state index contributed by atoms with van der Waals surface area (Å²) < 4.78 is 7.59. The fourth-order valence-corrected chi connectivity index (χ4v) is 2.68. The van der Waals surface area contributed by atoms with Gasteiger partial charge >= 0.3 is 0 Å². The average Bonchev–Trinajstić information content (AvgIpc) is 3.01. The van der Waals surface area contributed by atoms with Crippen molar-refractivity contribution in [2.45, 2.75) is 26.9 Å². The zero-order valence-corrected chi connectivity index (χ0v) is 14.1. The largest absolute Gasteiger partial charge is 0.491 e. The summed E-state index contributed by atoms with van der Waals surface area (Å²) in [5.41, 5.74) is 4.23. The van der Waals surface area contributed by atoms with Crippen molar-refractivity contribution in [2.75, 3.05) is 0 Å². The minimum Gasteiger partial charge on any atom is -0.491 e. The molecule has 4 heteroatoms. The first kappa shape index (κ1) is 16.0. The molecule has 0 unspecified atom stereocenters. The molecule has 0 bridgehead atoms. The van der Waals surface area contributed by atoms with Gasteiger partial charge in [-0.2, -0.15) is 5.10 Å². The highest BCUT2D eigenvalue weighted by molar-refractivity contribution is 5.86. The summed E-state index contributed by atoms with van der Waals surface area (Å²) in [6.07, 6.45) is 2.56. The van der Waals surface area contributed by atoms with E-state index < -0.39 is 0 Å². The number of nitrogens with zero attached hydrogens (tertiary/aromatic N) is 2. The van der Waals surface area contributed by atoms with Gasteiger partial charge in [-0.15, -0.1) is 0 Å². The van der Waals surface area contributed by atoms with Crippen molar-refractivity contribution in [3.8, 4) is 22.7 Å². The number of aldehydes is 1. The molecule has 3 rings (SSSR count). The van der Waals surface area contributed by atoms with E-state index >= 15 is 0 Å². The van der Waals surface area contributed by atoms with E-state index in [1.807, 2.05) is 69.3 Å².